The van der Waals surface area contributed by atoms with Gasteiger partial charge < -0.3 is 19.9 Å². The second-order valence-electron chi connectivity index (χ2n) is 17.2. The molecule has 0 radical (unpaired) electrons. The SMILES string of the molecule is CC(=O)c1c(C)c2cnc(Cc3ccc(N4CCN(C(=O)CNCCCCCC(=O)COc5cccc6c5C(=O)N(C5CCC(=O)NC5=O)C6=O)CC4)cn3)nc2n(C2CCCC2)c1=O. The van der Waals surface area contributed by atoms with Crippen LogP contribution in [0.2, 0.25) is 0 Å². The quantitative estimate of drug-likeness (QED) is 0.0883. The van der Waals surface area contributed by atoms with Gasteiger partial charge in [-0.3, -0.25) is 58.1 Å². The maximum Gasteiger partial charge on any atom is 0.266 e. The average molecular weight is 888 g/mol. The Bertz CT molecular complexity index is 2610. The van der Waals surface area contributed by atoms with E-state index in [0.717, 1.165) is 54.8 Å². The van der Waals surface area contributed by atoms with Gasteiger partial charge in [-0.1, -0.05) is 25.3 Å². The lowest BCUT2D eigenvalue weighted by Crippen LogP contribution is -2.54. The molecular weight excluding hydrogens is 835 g/mol. The monoisotopic (exact) mass is 887 g/mol. The molecule has 8 rings (SSSR count). The Kier molecular flexibility index (Phi) is 13.5. The first-order valence-corrected chi connectivity index (χ1v) is 22.5. The van der Waals surface area contributed by atoms with E-state index in [9.17, 15) is 38.4 Å². The highest BCUT2D eigenvalue weighted by Crippen LogP contribution is 2.34. The fourth-order valence-electron chi connectivity index (χ4n) is 9.34. The molecule has 1 unspecified atom stereocenters. The fraction of sp³-hybridized carbons (Fsp3) is 0.468. The lowest BCUT2D eigenvalue weighted by molar-refractivity contribution is -0.136. The second-order valence-corrected chi connectivity index (χ2v) is 17.2. The first kappa shape index (κ1) is 44.9. The minimum atomic E-state index is -1.10. The summed E-state index contributed by atoms with van der Waals surface area (Å²) in [7, 11) is 0. The Morgan fingerprint density at radius 3 is 2.40 bits per heavy atom. The number of piperidine rings is 1. The van der Waals surface area contributed by atoms with Crippen LogP contribution < -0.4 is 25.8 Å². The molecule has 340 valence electrons. The minimum absolute atomic E-state index is 0.00264. The van der Waals surface area contributed by atoms with Crippen LogP contribution in [-0.4, -0.2) is 122 Å². The summed E-state index contributed by atoms with van der Waals surface area (Å²) >= 11 is 0. The van der Waals surface area contributed by atoms with Gasteiger partial charge in [0.05, 0.1) is 41.5 Å². The van der Waals surface area contributed by atoms with Crippen molar-refractivity contribution in [1.82, 2.24) is 40.0 Å². The molecule has 1 aromatic carbocycles. The Hall–Kier alpha value is -6.69. The lowest BCUT2D eigenvalue weighted by Gasteiger charge is -2.36. The van der Waals surface area contributed by atoms with Crippen LogP contribution in [0.3, 0.4) is 0 Å². The third-order valence-electron chi connectivity index (χ3n) is 12.9. The van der Waals surface area contributed by atoms with E-state index in [4.69, 9.17) is 14.7 Å². The summed E-state index contributed by atoms with van der Waals surface area (Å²) in [5.41, 5.74) is 2.95. The predicted molar refractivity (Wildman–Crippen MR) is 237 cm³/mol. The number of pyridine rings is 2. The Morgan fingerprint density at radius 1 is 0.892 bits per heavy atom. The number of imide groups is 2. The maximum absolute atomic E-state index is 13.6. The molecule has 0 spiro atoms. The molecule has 18 nitrogen and oxygen atoms in total. The highest BCUT2D eigenvalue weighted by atomic mass is 16.5. The number of benzene rings is 1. The lowest BCUT2D eigenvalue weighted by atomic mass is 10.0. The number of ketones is 2. The van der Waals surface area contributed by atoms with E-state index in [2.05, 4.69) is 20.5 Å². The summed E-state index contributed by atoms with van der Waals surface area (Å²) in [6.07, 6.45) is 10.2. The van der Waals surface area contributed by atoms with Crippen molar-refractivity contribution in [1.29, 1.82) is 0 Å². The molecule has 1 saturated carbocycles. The van der Waals surface area contributed by atoms with E-state index < -0.39 is 29.7 Å². The zero-order chi connectivity index (χ0) is 45.8. The number of hydrogen-bond acceptors (Lipinski definition) is 14. The Balaban J connectivity index is 0.731. The highest BCUT2D eigenvalue weighted by Gasteiger charge is 2.46. The first-order valence-electron chi connectivity index (χ1n) is 22.5. The van der Waals surface area contributed by atoms with Crippen LogP contribution >= 0.6 is 0 Å². The van der Waals surface area contributed by atoms with E-state index in [1.54, 1.807) is 23.8 Å². The number of aromatic nitrogens is 4. The van der Waals surface area contributed by atoms with E-state index in [1.807, 2.05) is 23.2 Å². The molecule has 1 atom stereocenters. The van der Waals surface area contributed by atoms with Gasteiger partial charge in [-0.25, -0.2) is 9.97 Å². The van der Waals surface area contributed by atoms with E-state index >= 15 is 0 Å². The zero-order valence-electron chi connectivity index (χ0n) is 36.7. The normalized spacial score (nSPS) is 17.8. The summed E-state index contributed by atoms with van der Waals surface area (Å²) in [6, 6.07) is 7.40. The zero-order valence-corrected chi connectivity index (χ0v) is 36.7. The number of carbonyl (C=O) groups is 7. The third-order valence-corrected chi connectivity index (χ3v) is 12.9. The summed E-state index contributed by atoms with van der Waals surface area (Å²) in [5.74, 6) is -2.25. The van der Waals surface area contributed by atoms with Crippen LogP contribution in [0.15, 0.2) is 47.5 Å². The van der Waals surface area contributed by atoms with Gasteiger partial charge >= 0.3 is 0 Å². The van der Waals surface area contributed by atoms with Gasteiger partial charge in [-0.05, 0) is 82.3 Å². The van der Waals surface area contributed by atoms with Gasteiger partial charge in [0.1, 0.15) is 29.9 Å². The summed E-state index contributed by atoms with van der Waals surface area (Å²) in [5, 5.41) is 6.11. The number of ether oxygens (including phenoxy) is 1. The number of nitrogens with one attached hydrogen (secondary N) is 2. The number of nitrogens with zero attached hydrogens (tertiary/aromatic N) is 7. The first-order chi connectivity index (χ1) is 31.4. The Morgan fingerprint density at radius 2 is 1.68 bits per heavy atom. The standard InChI is InChI=1S/C47H53N9O9/c1-28-35-25-50-38(51-43(35)55(31-9-5-6-10-31)46(63)41(28)29(2)57)23-30-14-15-32(24-49-30)53-19-21-54(22-20-53)40(60)26-48-18-7-3-4-11-33(58)27-65-37-13-8-12-34-42(37)47(64)56(45(34)62)36-16-17-39(59)52-44(36)61/h8,12-15,24-25,31,36,48H,3-7,9-11,16-23,26-27H2,1-2H3,(H,52,59,61). The molecule has 4 aliphatic rings. The number of carbonyl (C=O) groups excluding carboxylic acids is 7. The van der Waals surface area contributed by atoms with Crippen LogP contribution in [0.1, 0.15) is 125 Å². The molecular formula is C47H53N9O9. The van der Waals surface area contributed by atoms with Crippen molar-refractivity contribution >= 4 is 57.8 Å². The summed E-state index contributed by atoms with van der Waals surface area (Å²) < 4.78 is 7.42. The van der Waals surface area contributed by atoms with Crippen molar-refractivity contribution in [3.05, 3.63) is 86.9 Å². The van der Waals surface area contributed by atoms with Gasteiger partial charge in [0.15, 0.2) is 11.6 Å². The van der Waals surface area contributed by atoms with Crippen molar-refractivity contribution in [3.8, 4) is 5.75 Å². The minimum Gasteiger partial charge on any atom is -0.485 e. The number of piperazine rings is 1. The Labute approximate surface area is 375 Å². The molecule has 65 heavy (non-hydrogen) atoms. The number of amides is 5. The smallest absolute Gasteiger partial charge is 0.266 e. The van der Waals surface area contributed by atoms with E-state index in [1.165, 1.54) is 19.1 Å². The molecule has 18 heteroatoms. The second kappa shape index (κ2) is 19.6. The average Bonchev–Trinajstić information content (AvgIpc) is 3.91. The van der Waals surface area contributed by atoms with Crippen LogP contribution in [0.25, 0.3) is 11.0 Å². The predicted octanol–water partition coefficient (Wildman–Crippen LogP) is 3.25. The van der Waals surface area contributed by atoms with Crippen molar-refractivity contribution in [2.45, 2.75) is 96.6 Å². The van der Waals surface area contributed by atoms with Gasteiger partial charge in [0, 0.05) is 62.3 Å². The van der Waals surface area contributed by atoms with Crippen LogP contribution in [0.5, 0.6) is 5.75 Å². The number of fused-ring (bicyclic) bond motifs is 2. The molecule has 3 fully saturated rings. The number of hydrogen-bond donors (Lipinski definition) is 2. The van der Waals surface area contributed by atoms with Gasteiger partial charge in [-0.15, -0.1) is 0 Å². The van der Waals surface area contributed by atoms with E-state index in [0.29, 0.717) is 68.0 Å². The molecule has 6 heterocycles. The number of aryl methyl sites for hydroxylation is 1. The van der Waals surface area contributed by atoms with Gasteiger partial charge in [0.2, 0.25) is 17.7 Å². The van der Waals surface area contributed by atoms with Crippen LogP contribution in [0.4, 0.5) is 5.69 Å². The maximum atomic E-state index is 13.6. The van der Waals surface area contributed by atoms with Crippen molar-refractivity contribution < 1.29 is 38.3 Å². The third kappa shape index (κ3) is 9.58. The van der Waals surface area contributed by atoms with Crippen molar-refractivity contribution in [2.24, 2.45) is 0 Å². The molecule has 2 N–H and O–H groups in total. The topological polar surface area (TPSA) is 223 Å². The number of rotatable bonds is 17. The molecule has 3 aromatic heterocycles. The number of anilines is 1. The molecule has 4 aromatic rings. The van der Waals surface area contributed by atoms with Gasteiger partial charge in [0.25, 0.3) is 17.4 Å². The molecule has 5 amide bonds. The summed E-state index contributed by atoms with van der Waals surface area (Å²) in [4.78, 5) is 121. The fourth-order valence-corrected chi connectivity index (χ4v) is 9.34. The number of Topliss-reactive ketones (excluding diaryl/α,β-unsaturated/α-hetero) is 2. The molecule has 0 bridgehead atoms. The highest BCUT2D eigenvalue weighted by molar-refractivity contribution is 6.24. The van der Waals surface area contributed by atoms with E-state index in [-0.39, 0.29) is 83.9 Å². The molecule has 2 saturated heterocycles. The van der Waals surface area contributed by atoms with Crippen molar-refractivity contribution in [3.63, 3.8) is 0 Å². The largest absolute Gasteiger partial charge is 0.485 e. The van der Waals surface area contributed by atoms with Crippen LogP contribution in [0, 0.1) is 6.92 Å². The number of unbranched alkanes of at least 4 members (excludes halogenated alkanes) is 2. The van der Waals surface area contributed by atoms with Crippen molar-refractivity contribution in [2.75, 3.05) is 50.8 Å². The molecule has 3 aliphatic heterocycles. The molecule has 1 aliphatic carbocycles. The summed E-state index contributed by atoms with van der Waals surface area (Å²) in [6.45, 7) is 6.28. The van der Waals surface area contributed by atoms with Crippen LogP contribution in [-0.2, 0) is 25.6 Å². The van der Waals surface area contributed by atoms with Gasteiger partial charge in [-0.2, -0.15) is 0 Å².